The van der Waals surface area contributed by atoms with Gasteiger partial charge in [0.15, 0.2) is 0 Å². The molecule has 0 aromatic heterocycles. The van der Waals surface area contributed by atoms with Gasteiger partial charge in [-0.05, 0) is 29.4 Å². The second-order valence-corrected chi connectivity index (χ2v) is 7.09. The fourth-order valence-corrected chi connectivity index (χ4v) is 1.11. The summed E-state index contributed by atoms with van der Waals surface area (Å²) >= 11 is 0. The average molecular weight is 266 g/mol. The number of aliphatic hydroxyl groups excluding tert-OH is 1. The molecule has 0 aliphatic rings. The van der Waals surface area contributed by atoms with Gasteiger partial charge in [0.1, 0.15) is 0 Å². The quantitative estimate of drug-likeness (QED) is 0.450. The first-order valence-electron chi connectivity index (χ1n) is 7.21. The second-order valence-electron chi connectivity index (χ2n) is 7.09. The lowest BCUT2D eigenvalue weighted by Gasteiger charge is -2.21. The second kappa shape index (κ2) is 9.01. The van der Waals surface area contributed by atoms with Crippen molar-refractivity contribution in [2.75, 3.05) is 0 Å². The first-order valence-corrected chi connectivity index (χ1v) is 7.21. The maximum Gasteiger partial charge on any atom is 0.0891 e. The minimum atomic E-state index is 0.0910. The number of rotatable bonds is 2. The summed E-state index contributed by atoms with van der Waals surface area (Å²) in [5, 5.41) is 9.19. The Balaban J connectivity index is 0. The van der Waals surface area contributed by atoms with Gasteiger partial charge in [-0.3, -0.25) is 0 Å². The molecule has 0 bridgehead atoms. The lowest BCUT2D eigenvalue weighted by molar-refractivity contribution is 0.414. The highest BCUT2D eigenvalue weighted by Gasteiger charge is 2.15. The van der Waals surface area contributed by atoms with Gasteiger partial charge >= 0.3 is 0 Å². The molecule has 0 amide bonds. The van der Waals surface area contributed by atoms with E-state index in [1.165, 1.54) is 12.0 Å². The molecule has 1 nitrogen and oxygen atoms in total. The molecule has 1 N–H and O–H groups in total. The van der Waals surface area contributed by atoms with Crippen LogP contribution < -0.4 is 0 Å². The van der Waals surface area contributed by atoms with Crippen LogP contribution in [0.15, 0.2) is 35.6 Å². The van der Waals surface area contributed by atoms with Crippen LogP contribution in [0.5, 0.6) is 0 Å². The lowest BCUT2D eigenvalue weighted by atomic mass is 9.84. The predicted molar refractivity (Wildman–Crippen MR) is 88.5 cm³/mol. The topological polar surface area (TPSA) is 20.2 Å². The summed E-state index contributed by atoms with van der Waals surface area (Å²) in [7, 11) is 0. The molecular formula is C18H34O. The zero-order valence-electron chi connectivity index (χ0n) is 14.5. The minimum absolute atomic E-state index is 0.0910. The van der Waals surface area contributed by atoms with Crippen molar-refractivity contribution in [3.63, 3.8) is 0 Å². The van der Waals surface area contributed by atoms with Crippen molar-refractivity contribution >= 4 is 0 Å². The summed E-state index contributed by atoms with van der Waals surface area (Å²) < 4.78 is 0. The SMILES string of the molecule is CCC.C\C(O)=C/C=C(\C=C\C(C)(C)C)C(C)(C)C. The number of aliphatic hydroxyl groups is 1. The van der Waals surface area contributed by atoms with Crippen molar-refractivity contribution in [1.82, 2.24) is 0 Å². The van der Waals surface area contributed by atoms with E-state index < -0.39 is 0 Å². The van der Waals surface area contributed by atoms with E-state index >= 15 is 0 Å². The molecule has 0 aliphatic carbocycles. The van der Waals surface area contributed by atoms with Gasteiger partial charge in [-0.15, -0.1) is 0 Å². The van der Waals surface area contributed by atoms with Crippen molar-refractivity contribution in [3.8, 4) is 0 Å². The molecule has 0 unspecified atom stereocenters. The molecular weight excluding hydrogens is 232 g/mol. The molecule has 0 heterocycles. The lowest BCUT2D eigenvalue weighted by Crippen LogP contribution is -2.08. The van der Waals surface area contributed by atoms with Crippen LogP contribution in [0.1, 0.15) is 68.7 Å². The zero-order chi connectivity index (χ0) is 15.7. The maximum absolute atomic E-state index is 9.19. The molecule has 0 fully saturated rings. The summed E-state index contributed by atoms with van der Waals surface area (Å²) in [4.78, 5) is 0. The monoisotopic (exact) mass is 266 g/mol. The van der Waals surface area contributed by atoms with Crippen LogP contribution in [0.25, 0.3) is 0 Å². The van der Waals surface area contributed by atoms with Crippen molar-refractivity contribution < 1.29 is 5.11 Å². The Morgan fingerprint density at radius 1 is 0.947 bits per heavy atom. The third kappa shape index (κ3) is 15.0. The van der Waals surface area contributed by atoms with E-state index in [2.05, 4.69) is 67.5 Å². The van der Waals surface area contributed by atoms with Crippen LogP contribution in [0.4, 0.5) is 0 Å². The van der Waals surface area contributed by atoms with Crippen molar-refractivity contribution in [2.45, 2.75) is 68.7 Å². The Hall–Kier alpha value is -0.980. The Labute approximate surface area is 121 Å². The molecule has 19 heavy (non-hydrogen) atoms. The summed E-state index contributed by atoms with van der Waals surface area (Å²) in [6, 6.07) is 0. The van der Waals surface area contributed by atoms with Gasteiger partial charge in [0.2, 0.25) is 0 Å². The molecule has 0 aliphatic heterocycles. The Morgan fingerprint density at radius 3 is 1.63 bits per heavy atom. The fourth-order valence-electron chi connectivity index (χ4n) is 1.11. The van der Waals surface area contributed by atoms with Crippen molar-refractivity contribution in [3.05, 3.63) is 35.6 Å². The largest absolute Gasteiger partial charge is 0.513 e. The third-order valence-corrected chi connectivity index (χ3v) is 2.13. The van der Waals surface area contributed by atoms with Crippen LogP contribution in [0.3, 0.4) is 0 Å². The van der Waals surface area contributed by atoms with E-state index in [0.717, 1.165) is 0 Å². The highest BCUT2D eigenvalue weighted by atomic mass is 16.3. The van der Waals surface area contributed by atoms with Gasteiger partial charge in [0.25, 0.3) is 0 Å². The van der Waals surface area contributed by atoms with Gasteiger partial charge in [-0.25, -0.2) is 0 Å². The van der Waals surface area contributed by atoms with Crippen LogP contribution in [-0.2, 0) is 0 Å². The fraction of sp³-hybridized carbons (Fsp3) is 0.667. The Morgan fingerprint density at radius 2 is 1.37 bits per heavy atom. The van der Waals surface area contributed by atoms with E-state index in [0.29, 0.717) is 5.76 Å². The molecule has 112 valence electrons. The van der Waals surface area contributed by atoms with E-state index in [1.54, 1.807) is 13.0 Å². The van der Waals surface area contributed by atoms with Crippen LogP contribution in [0, 0.1) is 10.8 Å². The smallest absolute Gasteiger partial charge is 0.0891 e. The predicted octanol–water partition coefficient (Wildman–Crippen LogP) is 6.44. The first kappa shape index (κ1) is 20.3. The third-order valence-electron chi connectivity index (χ3n) is 2.13. The van der Waals surface area contributed by atoms with Gasteiger partial charge in [-0.2, -0.15) is 0 Å². The number of allylic oxidation sites excluding steroid dienone is 6. The highest BCUT2D eigenvalue weighted by molar-refractivity contribution is 5.30. The van der Waals surface area contributed by atoms with E-state index in [9.17, 15) is 5.11 Å². The van der Waals surface area contributed by atoms with Crippen LogP contribution >= 0.6 is 0 Å². The normalized spacial score (nSPS) is 14.4. The zero-order valence-corrected chi connectivity index (χ0v) is 14.5. The molecule has 0 aromatic carbocycles. The van der Waals surface area contributed by atoms with Crippen molar-refractivity contribution in [1.29, 1.82) is 0 Å². The summed E-state index contributed by atoms with van der Waals surface area (Å²) in [5.74, 6) is 0.339. The minimum Gasteiger partial charge on any atom is -0.513 e. The molecule has 0 rings (SSSR count). The summed E-state index contributed by atoms with van der Waals surface area (Å²) in [6.45, 7) is 19.0. The number of hydrogen-bond donors (Lipinski definition) is 1. The average Bonchev–Trinajstić information content (AvgIpc) is 2.14. The summed E-state index contributed by atoms with van der Waals surface area (Å²) in [5.41, 5.74) is 1.49. The van der Waals surface area contributed by atoms with Gasteiger partial charge in [-0.1, -0.05) is 80.0 Å². The molecule has 0 aromatic rings. The molecule has 0 saturated heterocycles. The molecule has 0 radical (unpaired) electrons. The number of hydrogen-bond acceptors (Lipinski definition) is 1. The van der Waals surface area contributed by atoms with Crippen molar-refractivity contribution in [2.24, 2.45) is 10.8 Å². The Kier molecular flexibility index (Phi) is 9.64. The standard InChI is InChI=1S/C15H26O.C3H8/c1-12(16)8-9-13(15(5,6)7)10-11-14(2,3)4;1-3-2/h8-11,16H,1-7H3;3H2,1-2H3/b11-10+,12-8+,13-9+;. The maximum atomic E-state index is 9.19. The highest BCUT2D eigenvalue weighted by Crippen LogP contribution is 2.28. The van der Waals surface area contributed by atoms with Crippen LogP contribution in [0.2, 0.25) is 0 Å². The molecule has 0 saturated carbocycles. The van der Waals surface area contributed by atoms with E-state index in [1.807, 2.05) is 6.08 Å². The van der Waals surface area contributed by atoms with E-state index in [-0.39, 0.29) is 10.8 Å². The molecule has 0 spiro atoms. The summed E-state index contributed by atoms with van der Waals surface area (Å²) in [6.07, 6.45) is 9.33. The first-order chi connectivity index (χ1) is 8.44. The van der Waals surface area contributed by atoms with Gasteiger partial charge < -0.3 is 5.11 Å². The van der Waals surface area contributed by atoms with Gasteiger partial charge in [0.05, 0.1) is 5.76 Å². The molecule has 0 atom stereocenters. The van der Waals surface area contributed by atoms with E-state index in [4.69, 9.17) is 0 Å². The van der Waals surface area contributed by atoms with Crippen LogP contribution in [-0.4, -0.2) is 5.11 Å². The van der Waals surface area contributed by atoms with Gasteiger partial charge in [0, 0.05) is 0 Å². The molecule has 1 heteroatoms. The Bertz CT molecular complexity index is 313.